The van der Waals surface area contributed by atoms with Crippen LogP contribution in [-0.4, -0.2) is 13.2 Å². The van der Waals surface area contributed by atoms with Gasteiger partial charge >= 0.3 is 0 Å². The Morgan fingerprint density at radius 3 is 2.38 bits per heavy atom. The predicted octanol–water partition coefficient (Wildman–Crippen LogP) is 3.47. The second-order valence-electron chi connectivity index (χ2n) is 5.15. The summed E-state index contributed by atoms with van der Waals surface area (Å²) in [6.45, 7) is 0. The summed E-state index contributed by atoms with van der Waals surface area (Å²) in [5.74, 6) is 1.29. The second kappa shape index (κ2) is 6.17. The van der Waals surface area contributed by atoms with Gasteiger partial charge < -0.3 is 10.5 Å². The first-order valence-corrected chi connectivity index (χ1v) is 6.67. The minimum Gasteiger partial charge on any atom is -0.496 e. The Morgan fingerprint density at radius 1 is 1.19 bits per heavy atom. The van der Waals surface area contributed by atoms with E-state index in [9.17, 15) is 0 Å². The lowest BCUT2D eigenvalue weighted by atomic mass is 9.99. The van der Waals surface area contributed by atoms with Crippen LogP contribution in [0.1, 0.15) is 23.5 Å². The molecule has 1 saturated carbocycles. The Kier molecular flexibility index (Phi) is 4.52. The molecule has 0 bridgehead atoms. The van der Waals surface area contributed by atoms with Gasteiger partial charge in [-0.25, -0.2) is 0 Å². The average Bonchev–Trinajstić information content (AvgIpc) is 3.23. The van der Waals surface area contributed by atoms with Gasteiger partial charge in [0.05, 0.1) is 18.7 Å². The average molecular weight is 301 g/mol. The number of nitrogens with zero attached hydrogens (tertiary/aromatic N) is 1. The molecule has 0 saturated heterocycles. The largest absolute Gasteiger partial charge is 0.496 e. The van der Waals surface area contributed by atoms with Crippen molar-refractivity contribution >= 4 is 12.4 Å². The van der Waals surface area contributed by atoms with Crippen LogP contribution in [0.25, 0.3) is 11.1 Å². The second-order valence-corrected chi connectivity index (χ2v) is 5.15. The highest BCUT2D eigenvalue weighted by Gasteiger charge is 2.34. The first kappa shape index (κ1) is 15.4. The van der Waals surface area contributed by atoms with Crippen LogP contribution in [0.2, 0.25) is 0 Å². The summed E-state index contributed by atoms with van der Waals surface area (Å²) >= 11 is 0. The molecule has 0 amide bonds. The van der Waals surface area contributed by atoms with Crippen molar-refractivity contribution in [3.8, 4) is 22.9 Å². The van der Waals surface area contributed by atoms with Gasteiger partial charge in [-0.2, -0.15) is 5.26 Å². The number of nitriles is 1. The molecule has 2 unspecified atom stereocenters. The maximum Gasteiger partial charge on any atom is 0.126 e. The summed E-state index contributed by atoms with van der Waals surface area (Å²) < 4.78 is 5.38. The molecule has 0 spiro atoms. The number of benzene rings is 2. The van der Waals surface area contributed by atoms with Gasteiger partial charge in [0.2, 0.25) is 0 Å². The van der Waals surface area contributed by atoms with Gasteiger partial charge in [-0.3, -0.25) is 0 Å². The molecule has 0 radical (unpaired) electrons. The van der Waals surface area contributed by atoms with Gasteiger partial charge in [0.15, 0.2) is 0 Å². The van der Waals surface area contributed by atoms with Gasteiger partial charge in [0, 0.05) is 17.5 Å². The van der Waals surface area contributed by atoms with Gasteiger partial charge in [-0.15, -0.1) is 12.4 Å². The van der Waals surface area contributed by atoms with Gasteiger partial charge in [-0.05, 0) is 35.7 Å². The third-order valence-electron chi connectivity index (χ3n) is 3.82. The molecule has 4 heteroatoms. The van der Waals surface area contributed by atoms with Crippen LogP contribution in [0.4, 0.5) is 0 Å². The van der Waals surface area contributed by atoms with E-state index < -0.39 is 0 Å². The molecule has 108 valence electrons. The topological polar surface area (TPSA) is 59.0 Å². The van der Waals surface area contributed by atoms with Crippen molar-refractivity contribution < 1.29 is 4.74 Å². The lowest BCUT2D eigenvalue weighted by Crippen LogP contribution is -2.00. The van der Waals surface area contributed by atoms with Crippen LogP contribution in [0.15, 0.2) is 42.5 Å². The van der Waals surface area contributed by atoms with Gasteiger partial charge in [-0.1, -0.05) is 24.3 Å². The molecule has 21 heavy (non-hydrogen) atoms. The molecule has 3 rings (SSSR count). The summed E-state index contributed by atoms with van der Waals surface area (Å²) in [5.41, 5.74) is 9.79. The summed E-state index contributed by atoms with van der Waals surface area (Å²) in [7, 11) is 1.64. The molecule has 1 aliphatic carbocycles. The highest BCUT2D eigenvalue weighted by atomic mass is 35.5. The molecule has 2 atom stereocenters. The number of hydrogen-bond donors (Lipinski definition) is 1. The Hall–Kier alpha value is -2.02. The van der Waals surface area contributed by atoms with E-state index in [-0.39, 0.29) is 12.4 Å². The summed E-state index contributed by atoms with van der Waals surface area (Å²) in [4.78, 5) is 0. The molecule has 2 aromatic rings. The summed E-state index contributed by atoms with van der Waals surface area (Å²) in [6.07, 6.45) is 1.08. The minimum atomic E-state index is 0. The van der Waals surface area contributed by atoms with Crippen LogP contribution in [0.5, 0.6) is 5.75 Å². The first-order chi connectivity index (χ1) is 9.72. The maximum absolute atomic E-state index is 9.02. The fourth-order valence-electron chi connectivity index (χ4n) is 2.51. The Morgan fingerprint density at radius 2 is 1.86 bits per heavy atom. The maximum atomic E-state index is 9.02. The lowest BCUT2D eigenvalue weighted by Gasteiger charge is -2.10. The fourth-order valence-corrected chi connectivity index (χ4v) is 2.51. The number of hydrogen-bond acceptors (Lipinski definition) is 3. The van der Waals surface area contributed by atoms with E-state index in [2.05, 4.69) is 30.3 Å². The van der Waals surface area contributed by atoms with Crippen molar-refractivity contribution in [1.29, 1.82) is 5.26 Å². The third-order valence-corrected chi connectivity index (χ3v) is 3.82. The number of methoxy groups -OCH3 is 1. The highest BCUT2D eigenvalue weighted by molar-refractivity contribution is 5.85. The third kappa shape index (κ3) is 3.02. The van der Waals surface area contributed by atoms with E-state index in [0.29, 0.717) is 17.5 Å². The zero-order valence-corrected chi connectivity index (χ0v) is 12.6. The SMILES string of the molecule is COc1ccc(C#N)cc1-c1ccc(C2CC2N)cc1.Cl. The van der Waals surface area contributed by atoms with E-state index in [0.717, 1.165) is 23.3 Å². The van der Waals surface area contributed by atoms with Crippen molar-refractivity contribution in [3.05, 3.63) is 53.6 Å². The smallest absolute Gasteiger partial charge is 0.126 e. The molecule has 0 aliphatic heterocycles. The molecule has 1 aliphatic rings. The highest BCUT2D eigenvalue weighted by Crippen LogP contribution is 2.40. The van der Waals surface area contributed by atoms with Gasteiger partial charge in [0.1, 0.15) is 5.75 Å². The molecular weight excluding hydrogens is 284 g/mol. The monoisotopic (exact) mass is 300 g/mol. The Labute approximate surface area is 130 Å². The summed E-state index contributed by atoms with van der Waals surface area (Å²) in [5, 5.41) is 9.02. The van der Waals surface area contributed by atoms with Crippen LogP contribution >= 0.6 is 12.4 Å². The van der Waals surface area contributed by atoms with E-state index in [1.54, 1.807) is 13.2 Å². The van der Waals surface area contributed by atoms with E-state index in [1.165, 1.54) is 5.56 Å². The number of halogens is 1. The predicted molar refractivity (Wildman–Crippen MR) is 85.7 cm³/mol. The van der Waals surface area contributed by atoms with Crippen molar-refractivity contribution in [3.63, 3.8) is 0 Å². The quantitative estimate of drug-likeness (QED) is 0.944. The van der Waals surface area contributed by atoms with E-state index in [1.807, 2.05) is 12.1 Å². The van der Waals surface area contributed by atoms with Crippen LogP contribution < -0.4 is 10.5 Å². The van der Waals surface area contributed by atoms with Gasteiger partial charge in [0.25, 0.3) is 0 Å². The number of ether oxygens (including phenoxy) is 1. The van der Waals surface area contributed by atoms with Crippen molar-refractivity contribution in [2.75, 3.05) is 7.11 Å². The molecule has 0 heterocycles. The molecule has 1 fully saturated rings. The zero-order chi connectivity index (χ0) is 14.1. The molecule has 3 nitrogen and oxygen atoms in total. The molecule has 2 N–H and O–H groups in total. The number of nitrogens with two attached hydrogens (primary N) is 1. The van der Waals surface area contributed by atoms with Crippen molar-refractivity contribution in [1.82, 2.24) is 0 Å². The number of rotatable bonds is 3. The minimum absolute atomic E-state index is 0. The van der Waals surface area contributed by atoms with Crippen molar-refractivity contribution in [2.45, 2.75) is 18.4 Å². The standard InChI is InChI=1S/C17H16N2O.ClH/c1-20-17-7-2-11(10-18)8-15(17)13-5-3-12(4-6-13)14-9-16(14)19;/h2-8,14,16H,9,19H2,1H3;1H. The lowest BCUT2D eigenvalue weighted by molar-refractivity contribution is 0.416. The van der Waals surface area contributed by atoms with Crippen molar-refractivity contribution in [2.24, 2.45) is 5.73 Å². The Balaban J connectivity index is 0.00000161. The summed E-state index contributed by atoms with van der Waals surface area (Å²) in [6, 6.07) is 16.3. The molecular formula is C17H17ClN2O. The normalized spacial score (nSPS) is 19.3. The first-order valence-electron chi connectivity index (χ1n) is 6.67. The van der Waals surface area contributed by atoms with Crippen LogP contribution in [0.3, 0.4) is 0 Å². The van der Waals surface area contributed by atoms with E-state index >= 15 is 0 Å². The van der Waals surface area contributed by atoms with Crippen LogP contribution in [0, 0.1) is 11.3 Å². The zero-order valence-electron chi connectivity index (χ0n) is 11.7. The molecule has 2 aromatic carbocycles. The fraction of sp³-hybridized carbons (Fsp3) is 0.235. The van der Waals surface area contributed by atoms with E-state index in [4.69, 9.17) is 15.7 Å². The van der Waals surface area contributed by atoms with Crippen LogP contribution in [-0.2, 0) is 0 Å². The Bertz CT molecular complexity index is 676. The molecule has 0 aromatic heterocycles.